The van der Waals surface area contributed by atoms with Gasteiger partial charge >= 0.3 is 0 Å². The maximum absolute atomic E-state index is 4.59. The minimum absolute atomic E-state index is 0.523. The summed E-state index contributed by atoms with van der Waals surface area (Å²) < 4.78 is 2.15. The molecule has 2 fully saturated rings. The Bertz CT molecular complexity index is 941. The van der Waals surface area contributed by atoms with Gasteiger partial charge in [-0.1, -0.05) is 12.1 Å². The number of fused-ring (bicyclic) bond motifs is 1. The minimum atomic E-state index is 0.523. The lowest BCUT2D eigenvalue weighted by molar-refractivity contribution is 0.183. The van der Waals surface area contributed by atoms with Crippen LogP contribution in [0, 0.1) is 5.41 Å². The first-order valence-corrected chi connectivity index (χ1v) is 9.98. The van der Waals surface area contributed by atoms with Crippen LogP contribution in [0.2, 0.25) is 0 Å². The summed E-state index contributed by atoms with van der Waals surface area (Å²) in [5.74, 6) is 1.15. The molecule has 0 radical (unpaired) electrons. The molecular formula is C22H27N5. The van der Waals surface area contributed by atoms with E-state index in [0.717, 1.165) is 37.5 Å². The second-order valence-corrected chi connectivity index (χ2v) is 8.22. The smallest absolute Gasteiger partial charge is 0.122 e. The zero-order valence-corrected chi connectivity index (χ0v) is 15.9. The van der Waals surface area contributed by atoms with Gasteiger partial charge in [-0.15, -0.1) is 0 Å². The van der Waals surface area contributed by atoms with Crippen LogP contribution in [-0.2, 0) is 20.1 Å². The Morgan fingerprint density at radius 3 is 2.85 bits per heavy atom. The van der Waals surface area contributed by atoms with Gasteiger partial charge in [0.25, 0.3) is 0 Å². The number of nitrogens with zero attached hydrogens (tertiary/aromatic N) is 4. The Morgan fingerprint density at radius 1 is 1.15 bits per heavy atom. The molecule has 2 aliphatic rings. The summed E-state index contributed by atoms with van der Waals surface area (Å²) in [4.78, 5) is 11.7. The van der Waals surface area contributed by atoms with Crippen molar-refractivity contribution in [3.8, 4) is 0 Å². The molecule has 0 amide bonds. The fourth-order valence-corrected chi connectivity index (χ4v) is 4.77. The summed E-state index contributed by atoms with van der Waals surface area (Å²) in [6, 6.07) is 11.5. The first-order chi connectivity index (χ1) is 13.2. The summed E-state index contributed by atoms with van der Waals surface area (Å²) in [6.07, 6.45) is 9.74. The van der Waals surface area contributed by atoms with Gasteiger partial charge in [0.1, 0.15) is 5.82 Å². The zero-order chi connectivity index (χ0) is 18.3. The number of pyridine rings is 1. The third kappa shape index (κ3) is 3.26. The lowest BCUT2D eigenvalue weighted by Crippen LogP contribution is -2.36. The summed E-state index contributed by atoms with van der Waals surface area (Å²) in [5, 5.41) is 4.74. The maximum atomic E-state index is 4.59. The second-order valence-electron chi connectivity index (χ2n) is 8.22. The van der Waals surface area contributed by atoms with Crippen LogP contribution in [-0.4, -0.2) is 38.6 Å². The van der Waals surface area contributed by atoms with Crippen LogP contribution in [0.4, 0.5) is 0 Å². The van der Waals surface area contributed by atoms with E-state index in [9.17, 15) is 0 Å². The highest BCUT2D eigenvalue weighted by molar-refractivity contribution is 5.78. The molecule has 0 bridgehead atoms. The number of nitrogens with one attached hydrogen (secondary N) is 1. The normalized spacial score (nSPS) is 21.2. The van der Waals surface area contributed by atoms with Gasteiger partial charge in [-0.25, -0.2) is 4.98 Å². The van der Waals surface area contributed by atoms with Gasteiger partial charge in [-0.2, -0.15) is 0 Å². The SMILES string of the molecule is Cn1ccnc1CN(Cc1ccc2ncccc2c1)C1CC12CCNCC2. The first-order valence-electron chi connectivity index (χ1n) is 9.98. The van der Waals surface area contributed by atoms with Gasteiger partial charge in [0, 0.05) is 43.6 Å². The first kappa shape index (κ1) is 16.9. The number of rotatable bonds is 5. The fourth-order valence-electron chi connectivity index (χ4n) is 4.77. The van der Waals surface area contributed by atoms with Crippen LogP contribution in [0.1, 0.15) is 30.7 Å². The Hall–Kier alpha value is -2.24. The van der Waals surface area contributed by atoms with Crippen molar-refractivity contribution < 1.29 is 0 Å². The third-order valence-electron chi connectivity index (χ3n) is 6.51. The van der Waals surface area contributed by atoms with Crippen molar-refractivity contribution in [3.63, 3.8) is 0 Å². The van der Waals surface area contributed by atoms with Gasteiger partial charge < -0.3 is 9.88 Å². The van der Waals surface area contributed by atoms with Crippen LogP contribution >= 0.6 is 0 Å². The highest BCUT2D eigenvalue weighted by atomic mass is 15.2. The van der Waals surface area contributed by atoms with Gasteiger partial charge in [-0.05, 0) is 61.5 Å². The number of aromatic nitrogens is 3. The van der Waals surface area contributed by atoms with E-state index in [2.05, 4.69) is 56.1 Å². The molecule has 1 saturated heterocycles. The monoisotopic (exact) mass is 361 g/mol. The van der Waals surface area contributed by atoms with E-state index >= 15 is 0 Å². The van der Waals surface area contributed by atoms with Gasteiger partial charge in [0.05, 0.1) is 12.1 Å². The quantitative estimate of drug-likeness (QED) is 0.758. The van der Waals surface area contributed by atoms with E-state index in [0.29, 0.717) is 11.5 Å². The molecule has 1 unspecified atom stereocenters. The largest absolute Gasteiger partial charge is 0.337 e. The molecule has 5 rings (SSSR count). The van der Waals surface area contributed by atoms with Crippen LogP contribution in [0.3, 0.4) is 0 Å². The standard InChI is InChI=1S/C22H27N5/c1-26-12-11-25-21(26)16-27(20-14-22(20)6-9-23-10-7-22)15-17-4-5-19-18(13-17)3-2-8-24-19/h2-5,8,11-13,20,23H,6-7,9-10,14-16H2,1H3. The number of benzene rings is 1. The van der Waals surface area contributed by atoms with Gasteiger partial charge in [0.2, 0.25) is 0 Å². The van der Waals surface area contributed by atoms with E-state index in [1.54, 1.807) is 0 Å². The molecule has 2 aromatic heterocycles. The van der Waals surface area contributed by atoms with Crippen LogP contribution in [0.25, 0.3) is 10.9 Å². The predicted octanol–water partition coefficient (Wildman–Crippen LogP) is 3.11. The van der Waals surface area contributed by atoms with Crippen molar-refractivity contribution in [2.24, 2.45) is 12.5 Å². The van der Waals surface area contributed by atoms with Gasteiger partial charge in [-0.3, -0.25) is 9.88 Å². The van der Waals surface area contributed by atoms with Crippen molar-refractivity contribution in [2.75, 3.05) is 13.1 Å². The van der Waals surface area contributed by atoms with Crippen molar-refractivity contribution >= 4 is 10.9 Å². The Kier molecular flexibility index (Phi) is 4.21. The molecule has 27 heavy (non-hydrogen) atoms. The van der Waals surface area contributed by atoms with Gasteiger partial charge in [0.15, 0.2) is 0 Å². The molecule has 5 nitrogen and oxygen atoms in total. The highest BCUT2D eigenvalue weighted by Gasteiger charge is 2.56. The zero-order valence-electron chi connectivity index (χ0n) is 15.9. The second kappa shape index (κ2) is 6.73. The number of piperidine rings is 1. The molecule has 1 N–H and O–H groups in total. The van der Waals surface area contributed by atoms with Crippen molar-refractivity contribution in [3.05, 3.63) is 60.3 Å². The fraction of sp³-hybridized carbons (Fsp3) is 0.455. The van der Waals surface area contributed by atoms with E-state index < -0.39 is 0 Å². The van der Waals surface area contributed by atoms with Crippen LogP contribution < -0.4 is 5.32 Å². The summed E-state index contributed by atoms with van der Waals surface area (Å²) in [7, 11) is 2.09. The number of imidazole rings is 1. The minimum Gasteiger partial charge on any atom is -0.337 e. The molecule has 1 spiro atoms. The van der Waals surface area contributed by atoms with Crippen molar-refractivity contribution in [2.45, 2.75) is 38.4 Å². The third-order valence-corrected chi connectivity index (χ3v) is 6.51. The lowest BCUT2D eigenvalue weighted by Gasteiger charge is -2.29. The molecule has 5 heteroatoms. The number of hydrogen-bond donors (Lipinski definition) is 1. The molecule has 1 aromatic carbocycles. The number of hydrogen-bond acceptors (Lipinski definition) is 4. The molecule has 1 saturated carbocycles. The molecule has 140 valence electrons. The Balaban J connectivity index is 1.41. The Morgan fingerprint density at radius 2 is 2.04 bits per heavy atom. The summed E-state index contributed by atoms with van der Waals surface area (Å²) in [6.45, 7) is 4.20. The molecule has 1 aliphatic carbocycles. The maximum Gasteiger partial charge on any atom is 0.122 e. The molecular weight excluding hydrogens is 334 g/mol. The molecule has 1 atom stereocenters. The molecule has 3 aromatic rings. The van der Waals surface area contributed by atoms with Crippen LogP contribution in [0.15, 0.2) is 48.9 Å². The Labute approximate surface area is 160 Å². The van der Waals surface area contributed by atoms with E-state index in [-0.39, 0.29) is 0 Å². The average molecular weight is 361 g/mol. The summed E-state index contributed by atoms with van der Waals surface area (Å²) in [5.41, 5.74) is 2.95. The average Bonchev–Trinajstić information content (AvgIpc) is 3.23. The molecule has 1 aliphatic heterocycles. The number of aryl methyl sites for hydroxylation is 1. The molecule has 3 heterocycles. The van der Waals surface area contributed by atoms with E-state index in [4.69, 9.17) is 0 Å². The predicted molar refractivity (Wildman–Crippen MR) is 107 cm³/mol. The van der Waals surface area contributed by atoms with E-state index in [1.165, 1.54) is 30.2 Å². The lowest BCUT2D eigenvalue weighted by atomic mass is 9.93. The van der Waals surface area contributed by atoms with Crippen molar-refractivity contribution in [1.29, 1.82) is 0 Å². The van der Waals surface area contributed by atoms with E-state index in [1.807, 2.05) is 24.7 Å². The topological polar surface area (TPSA) is 46.0 Å². The summed E-state index contributed by atoms with van der Waals surface area (Å²) >= 11 is 0. The van der Waals surface area contributed by atoms with Crippen molar-refractivity contribution in [1.82, 2.24) is 24.8 Å². The highest BCUT2D eigenvalue weighted by Crippen LogP contribution is 2.56. The van der Waals surface area contributed by atoms with Crippen LogP contribution in [0.5, 0.6) is 0 Å².